The van der Waals surface area contributed by atoms with Gasteiger partial charge < -0.3 is 10.8 Å². The minimum Gasteiger partial charge on any atom is -0.396 e. The van der Waals surface area contributed by atoms with Gasteiger partial charge in [0.15, 0.2) is 0 Å². The molecule has 0 aliphatic carbocycles. The summed E-state index contributed by atoms with van der Waals surface area (Å²) < 4.78 is 0. The first kappa shape index (κ1) is 15.8. The molecule has 0 radical (unpaired) electrons. The van der Waals surface area contributed by atoms with Crippen molar-refractivity contribution in [2.75, 3.05) is 12.4 Å². The van der Waals surface area contributed by atoms with Crippen LogP contribution in [0.1, 0.15) is 31.1 Å². The van der Waals surface area contributed by atoms with Gasteiger partial charge in [0.25, 0.3) is 0 Å². The summed E-state index contributed by atoms with van der Waals surface area (Å²) in [7, 11) is 0. The van der Waals surface area contributed by atoms with Gasteiger partial charge in [-0.05, 0) is 35.8 Å². The van der Waals surface area contributed by atoms with Crippen molar-refractivity contribution in [2.24, 2.45) is 11.7 Å². The smallest absolute Gasteiger partial charge is 0.0464 e. The van der Waals surface area contributed by atoms with Crippen LogP contribution in [0.15, 0.2) is 24.3 Å². The number of benzene rings is 1. The zero-order valence-electron chi connectivity index (χ0n) is 11.0. The molecule has 0 saturated carbocycles. The van der Waals surface area contributed by atoms with E-state index in [1.165, 1.54) is 5.56 Å². The fourth-order valence-corrected chi connectivity index (χ4v) is 3.21. The van der Waals surface area contributed by atoms with Crippen LogP contribution in [0, 0.1) is 5.92 Å². The number of thioether (sulfide) groups is 1. The van der Waals surface area contributed by atoms with Gasteiger partial charge in [-0.15, -0.1) is 0 Å². The number of hydrogen-bond acceptors (Lipinski definition) is 3. The fourth-order valence-electron chi connectivity index (χ4n) is 1.65. The quantitative estimate of drug-likeness (QED) is 0.807. The summed E-state index contributed by atoms with van der Waals surface area (Å²) in [6.07, 6.45) is 0.938. The summed E-state index contributed by atoms with van der Waals surface area (Å²) in [5.74, 6) is 1.21. The van der Waals surface area contributed by atoms with Crippen LogP contribution < -0.4 is 5.73 Å². The third-order valence-corrected chi connectivity index (χ3v) is 4.93. The lowest BCUT2D eigenvalue weighted by Crippen LogP contribution is -2.26. The summed E-state index contributed by atoms with van der Waals surface area (Å²) in [5.41, 5.74) is 7.41. The maximum Gasteiger partial charge on any atom is 0.0464 e. The molecule has 0 aromatic heterocycles. The van der Waals surface area contributed by atoms with E-state index in [0.29, 0.717) is 5.92 Å². The topological polar surface area (TPSA) is 46.2 Å². The highest BCUT2D eigenvalue weighted by atomic mass is 35.5. The SMILES string of the molecule is CCC(N)C(SCC(C)CO)c1ccc(Cl)cc1. The molecule has 18 heavy (non-hydrogen) atoms. The molecule has 1 aromatic rings. The minimum atomic E-state index is 0.127. The van der Waals surface area contributed by atoms with E-state index in [1.54, 1.807) is 0 Å². The van der Waals surface area contributed by atoms with Gasteiger partial charge in [0.05, 0.1) is 0 Å². The fraction of sp³-hybridized carbons (Fsp3) is 0.571. The van der Waals surface area contributed by atoms with Crippen LogP contribution in [0.25, 0.3) is 0 Å². The van der Waals surface area contributed by atoms with Gasteiger partial charge in [-0.3, -0.25) is 0 Å². The Morgan fingerprint density at radius 3 is 2.44 bits per heavy atom. The predicted molar refractivity (Wildman–Crippen MR) is 81.2 cm³/mol. The van der Waals surface area contributed by atoms with Gasteiger partial charge in [-0.25, -0.2) is 0 Å². The molecule has 0 fully saturated rings. The Hall–Kier alpha value is -0.220. The molecule has 1 aromatic carbocycles. The number of aliphatic hydroxyl groups excluding tert-OH is 1. The van der Waals surface area contributed by atoms with E-state index in [9.17, 15) is 0 Å². The molecule has 0 spiro atoms. The summed E-state index contributed by atoms with van der Waals surface area (Å²) >= 11 is 7.73. The number of rotatable bonds is 7. The van der Waals surface area contributed by atoms with Gasteiger partial charge in [0.2, 0.25) is 0 Å². The second-order valence-electron chi connectivity index (χ2n) is 4.67. The van der Waals surface area contributed by atoms with E-state index >= 15 is 0 Å². The summed E-state index contributed by atoms with van der Waals surface area (Å²) in [6.45, 7) is 4.37. The number of halogens is 1. The predicted octanol–water partition coefficient (Wildman–Crippen LogP) is 3.48. The number of hydrogen-bond donors (Lipinski definition) is 2. The summed E-state index contributed by atoms with van der Waals surface area (Å²) in [6, 6.07) is 8.02. The molecule has 1 rings (SSSR count). The van der Waals surface area contributed by atoms with Gasteiger partial charge in [-0.1, -0.05) is 37.6 Å². The Kier molecular flexibility index (Phi) is 7.08. The van der Waals surface area contributed by atoms with Crippen LogP contribution in [0.4, 0.5) is 0 Å². The zero-order valence-corrected chi connectivity index (χ0v) is 12.5. The van der Waals surface area contributed by atoms with Crippen molar-refractivity contribution < 1.29 is 5.11 Å². The Balaban J connectivity index is 2.74. The third-order valence-electron chi connectivity index (χ3n) is 2.93. The van der Waals surface area contributed by atoms with E-state index in [4.69, 9.17) is 22.4 Å². The van der Waals surface area contributed by atoms with Crippen LogP contribution in [-0.2, 0) is 0 Å². The molecule has 0 saturated heterocycles. The van der Waals surface area contributed by atoms with E-state index in [-0.39, 0.29) is 17.9 Å². The van der Waals surface area contributed by atoms with Gasteiger partial charge in [0.1, 0.15) is 0 Å². The van der Waals surface area contributed by atoms with E-state index in [2.05, 4.69) is 6.92 Å². The van der Waals surface area contributed by atoms with Crippen molar-refractivity contribution in [3.8, 4) is 0 Å². The molecule has 3 unspecified atom stereocenters. The van der Waals surface area contributed by atoms with E-state index in [1.807, 2.05) is 43.0 Å². The molecule has 0 aliphatic heterocycles. The average Bonchev–Trinajstić information content (AvgIpc) is 2.40. The van der Waals surface area contributed by atoms with Gasteiger partial charge >= 0.3 is 0 Å². The van der Waals surface area contributed by atoms with Gasteiger partial charge in [0, 0.05) is 22.9 Å². The van der Waals surface area contributed by atoms with Crippen molar-refractivity contribution in [2.45, 2.75) is 31.6 Å². The Morgan fingerprint density at radius 2 is 1.94 bits per heavy atom. The highest BCUT2D eigenvalue weighted by Gasteiger charge is 2.19. The van der Waals surface area contributed by atoms with Crippen molar-refractivity contribution >= 4 is 23.4 Å². The van der Waals surface area contributed by atoms with Crippen LogP contribution >= 0.6 is 23.4 Å². The first-order valence-electron chi connectivity index (χ1n) is 6.32. The van der Waals surface area contributed by atoms with Crippen molar-refractivity contribution in [3.63, 3.8) is 0 Å². The molecule has 0 aliphatic rings. The first-order chi connectivity index (χ1) is 8.58. The summed E-state index contributed by atoms with van der Waals surface area (Å²) in [4.78, 5) is 0. The monoisotopic (exact) mass is 287 g/mol. The molecular weight excluding hydrogens is 266 g/mol. The lowest BCUT2D eigenvalue weighted by molar-refractivity contribution is 0.250. The highest BCUT2D eigenvalue weighted by Crippen LogP contribution is 2.34. The zero-order chi connectivity index (χ0) is 13.5. The second-order valence-corrected chi connectivity index (χ2v) is 6.28. The lowest BCUT2D eigenvalue weighted by atomic mass is 10.0. The lowest BCUT2D eigenvalue weighted by Gasteiger charge is -2.24. The van der Waals surface area contributed by atoms with Crippen LogP contribution in [0.5, 0.6) is 0 Å². The highest BCUT2D eigenvalue weighted by molar-refractivity contribution is 7.99. The molecule has 102 valence electrons. The van der Waals surface area contributed by atoms with E-state index in [0.717, 1.165) is 17.2 Å². The third kappa shape index (κ3) is 4.81. The molecule has 0 bridgehead atoms. The normalized spacial score (nSPS) is 16.3. The van der Waals surface area contributed by atoms with Crippen LogP contribution in [0.2, 0.25) is 5.02 Å². The maximum atomic E-state index is 9.09. The minimum absolute atomic E-state index is 0.127. The molecule has 3 atom stereocenters. The Labute approximate surface area is 119 Å². The maximum absolute atomic E-state index is 9.09. The average molecular weight is 288 g/mol. The first-order valence-corrected chi connectivity index (χ1v) is 7.74. The standard InChI is InChI=1S/C14H22ClNOS/c1-3-13(16)14(18-9-10(2)8-17)11-4-6-12(15)7-5-11/h4-7,10,13-14,17H,3,8-9,16H2,1-2H3. The summed E-state index contributed by atoms with van der Waals surface area (Å²) in [5, 5.41) is 10.1. The van der Waals surface area contributed by atoms with Crippen LogP contribution in [0.3, 0.4) is 0 Å². The van der Waals surface area contributed by atoms with Crippen molar-refractivity contribution in [1.29, 1.82) is 0 Å². The number of nitrogens with two attached hydrogens (primary N) is 1. The molecule has 3 N–H and O–H groups in total. The molecule has 0 heterocycles. The Morgan fingerprint density at radius 1 is 1.33 bits per heavy atom. The Bertz CT molecular complexity index is 344. The van der Waals surface area contributed by atoms with Gasteiger partial charge in [-0.2, -0.15) is 11.8 Å². The van der Waals surface area contributed by atoms with Crippen molar-refractivity contribution in [3.05, 3.63) is 34.9 Å². The van der Waals surface area contributed by atoms with Crippen molar-refractivity contribution in [1.82, 2.24) is 0 Å². The molecule has 0 amide bonds. The molecule has 4 heteroatoms. The second kappa shape index (κ2) is 8.05. The van der Waals surface area contributed by atoms with E-state index < -0.39 is 0 Å². The molecular formula is C14H22ClNOS. The number of aliphatic hydroxyl groups is 1. The molecule has 2 nitrogen and oxygen atoms in total. The van der Waals surface area contributed by atoms with Crippen LogP contribution in [-0.4, -0.2) is 23.5 Å². The largest absolute Gasteiger partial charge is 0.396 e.